The van der Waals surface area contributed by atoms with Crippen molar-refractivity contribution in [3.05, 3.63) is 53.8 Å². The Balaban J connectivity index is 1.65. The first-order valence-corrected chi connectivity index (χ1v) is 9.14. The summed E-state index contributed by atoms with van der Waals surface area (Å²) in [6, 6.07) is 11.3. The van der Waals surface area contributed by atoms with Crippen LogP contribution in [-0.2, 0) is 9.59 Å². The summed E-state index contributed by atoms with van der Waals surface area (Å²) in [7, 11) is 1.58. The number of nitrogens with zero attached hydrogens (tertiary/aromatic N) is 1. The van der Waals surface area contributed by atoms with Crippen molar-refractivity contribution >= 4 is 17.5 Å². The Labute approximate surface area is 163 Å². The van der Waals surface area contributed by atoms with Crippen LogP contribution in [0.1, 0.15) is 24.8 Å². The fourth-order valence-electron chi connectivity index (χ4n) is 3.30. The average molecular weight is 386 g/mol. The van der Waals surface area contributed by atoms with Crippen LogP contribution in [0.5, 0.6) is 11.5 Å². The number of rotatable bonds is 7. The molecule has 1 aliphatic heterocycles. The summed E-state index contributed by atoms with van der Waals surface area (Å²) in [4.78, 5) is 26.1. The highest BCUT2D eigenvalue weighted by Gasteiger charge is 2.32. The zero-order valence-corrected chi connectivity index (χ0v) is 15.9. The fraction of sp³-hybridized carbons (Fsp3) is 0.333. The van der Waals surface area contributed by atoms with E-state index >= 15 is 0 Å². The molecule has 0 aliphatic carbocycles. The molecule has 148 valence electrons. The topological polar surface area (TPSA) is 67.9 Å². The fourth-order valence-corrected chi connectivity index (χ4v) is 3.30. The maximum Gasteiger partial charge on any atom is 0.243 e. The molecule has 3 rings (SSSR count). The van der Waals surface area contributed by atoms with Gasteiger partial charge < -0.3 is 19.7 Å². The van der Waals surface area contributed by atoms with E-state index in [2.05, 4.69) is 5.32 Å². The lowest BCUT2D eigenvalue weighted by atomic mass is 9.98. The van der Waals surface area contributed by atoms with Crippen molar-refractivity contribution in [2.75, 3.05) is 32.1 Å². The number of amides is 2. The normalized spacial score (nSPS) is 16.2. The van der Waals surface area contributed by atoms with Gasteiger partial charge in [-0.3, -0.25) is 9.59 Å². The minimum absolute atomic E-state index is 0.0282. The van der Waals surface area contributed by atoms with Gasteiger partial charge in [0.1, 0.15) is 5.82 Å². The summed E-state index contributed by atoms with van der Waals surface area (Å²) in [6.45, 7) is 2.77. The highest BCUT2D eigenvalue weighted by molar-refractivity contribution is 5.95. The number of methoxy groups -OCH3 is 1. The smallest absolute Gasteiger partial charge is 0.243 e. The van der Waals surface area contributed by atoms with Gasteiger partial charge in [0.15, 0.2) is 11.5 Å². The second-order valence-corrected chi connectivity index (χ2v) is 6.58. The second-order valence-electron chi connectivity index (χ2n) is 6.58. The number of likely N-dealkylation sites (tertiary alicyclic amines) is 1. The largest absolute Gasteiger partial charge is 0.493 e. The summed E-state index contributed by atoms with van der Waals surface area (Å²) in [5.74, 6) is 0.371. The van der Waals surface area contributed by atoms with Crippen LogP contribution in [0.4, 0.5) is 10.1 Å². The van der Waals surface area contributed by atoms with Crippen molar-refractivity contribution in [3.63, 3.8) is 0 Å². The van der Waals surface area contributed by atoms with E-state index in [0.29, 0.717) is 36.8 Å². The molecule has 1 saturated heterocycles. The minimum Gasteiger partial charge on any atom is -0.493 e. The van der Waals surface area contributed by atoms with Crippen LogP contribution in [0.25, 0.3) is 0 Å². The number of benzene rings is 2. The van der Waals surface area contributed by atoms with Crippen LogP contribution in [-0.4, -0.2) is 43.5 Å². The predicted octanol–water partition coefficient (Wildman–Crippen LogP) is 3.19. The Hall–Kier alpha value is -3.09. The summed E-state index contributed by atoms with van der Waals surface area (Å²) in [5, 5.41) is 2.62. The van der Waals surface area contributed by atoms with E-state index in [1.807, 2.05) is 25.1 Å². The third-order valence-electron chi connectivity index (χ3n) is 4.62. The average Bonchev–Trinajstić information content (AvgIpc) is 3.02. The van der Waals surface area contributed by atoms with Crippen molar-refractivity contribution in [1.29, 1.82) is 0 Å². The Morgan fingerprint density at radius 3 is 2.79 bits per heavy atom. The molecule has 0 bridgehead atoms. The molecule has 2 aromatic rings. The summed E-state index contributed by atoms with van der Waals surface area (Å²) in [6.07, 6.45) is 0.325. The zero-order chi connectivity index (χ0) is 20.1. The molecule has 6 nitrogen and oxygen atoms in total. The Kier molecular flexibility index (Phi) is 6.13. The van der Waals surface area contributed by atoms with E-state index in [1.54, 1.807) is 13.2 Å². The van der Waals surface area contributed by atoms with Gasteiger partial charge in [-0.1, -0.05) is 12.1 Å². The highest BCUT2D eigenvalue weighted by Crippen LogP contribution is 2.35. The quantitative estimate of drug-likeness (QED) is 0.794. The lowest BCUT2D eigenvalue weighted by molar-refractivity contribution is -0.131. The van der Waals surface area contributed by atoms with Gasteiger partial charge >= 0.3 is 0 Å². The van der Waals surface area contributed by atoms with Crippen molar-refractivity contribution in [2.24, 2.45) is 0 Å². The molecule has 0 unspecified atom stereocenters. The van der Waals surface area contributed by atoms with Gasteiger partial charge in [-0.15, -0.1) is 0 Å². The Morgan fingerprint density at radius 1 is 1.25 bits per heavy atom. The van der Waals surface area contributed by atoms with Gasteiger partial charge in [-0.25, -0.2) is 4.39 Å². The first-order valence-electron chi connectivity index (χ1n) is 9.14. The molecule has 0 aromatic heterocycles. The predicted molar refractivity (Wildman–Crippen MR) is 103 cm³/mol. The third-order valence-corrected chi connectivity index (χ3v) is 4.62. The van der Waals surface area contributed by atoms with Gasteiger partial charge in [-0.2, -0.15) is 0 Å². The van der Waals surface area contributed by atoms with E-state index in [0.717, 1.165) is 5.56 Å². The van der Waals surface area contributed by atoms with Gasteiger partial charge in [0.2, 0.25) is 11.8 Å². The highest BCUT2D eigenvalue weighted by atomic mass is 19.1. The monoisotopic (exact) mass is 386 g/mol. The summed E-state index contributed by atoms with van der Waals surface area (Å²) >= 11 is 0. The van der Waals surface area contributed by atoms with Gasteiger partial charge in [-0.05, 0) is 42.8 Å². The number of carbonyl (C=O) groups excluding carboxylic acids is 2. The lowest BCUT2D eigenvalue weighted by Crippen LogP contribution is -2.34. The number of hydrogen-bond acceptors (Lipinski definition) is 4. The van der Waals surface area contributed by atoms with E-state index in [-0.39, 0.29) is 24.3 Å². The molecule has 1 atom stereocenters. The number of ether oxygens (including phenoxy) is 2. The maximum atomic E-state index is 13.2. The van der Waals surface area contributed by atoms with Crippen LogP contribution in [0, 0.1) is 5.82 Å². The van der Waals surface area contributed by atoms with Crippen LogP contribution in [0.15, 0.2) is 42.5 Å². The molecule has 7 heteroatoms. The zero-order valence-electron chi connectivity index (χ0n) is 15.9. The number of carbonyl (C=O) groups is 2. The molecule has 1 heterocycles. The van der Waals surface area contributed by atoms with Crippen molar-refractivity contribution in [1.82, 2.24) is 4.90 Å². The number of hydrogen-bond donors (Lipinski definition) is 1. The van der Waals surface area contributed by atoms with Crippen molar-refractivity contribution < 1.29 is 23.5 Å². The molecule has 1 aliphatic rings. The molecule has 2 aromatic carbocycles. The Bertz CT molecular complexity index is 871. The molecule has 1 fully saturated rings. The number of anilines is 1. The van der Waals surface area contributed by atoms with Crippen molar-refractivity contribution in [2.45, 2.75) is 19.3 Å². The first-order chi connectivity index (χ1) is 13.5. The van der Waals surface area contributed by atoms with E-state index in [4.69, 9.17) is 9.47 Å². The van der Waals surface area contributed by atoms with Crippen LogP contribution >= 0.6 is 0 Å². The maximum absolute atomic E-state index is 13.2. The Morgan fingerprint density at radius 2 is 2.07 bits per heavy atom. The number of nitrogens with one attached hydrogen (secondary N) is 1. The molecule has 1 N–H and O–H groups in total. The van der Waals surface area contributed by atoms with Crippen molar-refractivity contribution in [3.8, 4) is 11.5 Å². The molecule has 0 radical (unpaired) electrons. The second kappa shape index (κ2) is 8.73. The molecule has 0 saturated carbocycles. The summed E-state index contributed by atoms with van der Waals surface area (Å²) < 4.78 is 24.1. The van der Waals surface area contributed by atoms with Crippen LogP contribution < -0.4 is 14.8 Å². The van der Waals surface area contributed by atoms with Crippen LogP contribution in [0.3, 0.4) is 0 Å². The standard InChI is InChI=1S/C21H23FN2O4/c1-3-28-19-9-14(7-8-18(19)27-2)15-10-21(26)24(12-15)13-20(25)23-17-6-4-5-16(22)11-17/h4-9,11,15H,3,10,12-13H2,1-2H3,(H,23,25)/t15-/m1/s1. The minimum atomic E-state index is -0.431. The molecule has 0 spiro atoms. The molecule has 2 amide bonds. The lowest BCUT2D eigenvalue weighted by Gasteiger charge is -2.17. The number of halogens is 1. The van der Waals surface area contributed by atoms with Gasteiger partial charge in [0, 0.05) is 24.6 Å². The SMILES string of the molecule is CCOc1cc([C@@H]2CC(=O)N(CC(=O)Nc3cccc(F)c3)C2)ccc1OC. The van der Waals surface area contributed by atoms with Gasteiger partial charge in [0.25, 0.3) is 0 Å². The van der Waals surface area contributed by atoms with E-state index < -0.39 is 5.82 Å². The molecule has 28 heavy (non-hydrogen) atoms. The summed E-state index contributed by atoms with van der Waals surface area (Å²) in [5.41, 5.74) is 1.33. The van der Waals surface area contributed by atoms with E-state index in [9.17, 15) is 14.0 Å². The van der Waals surface area contributed by atoms with E-state index in [1.165, 1.54) is 23.1 Å². The third kappa shape index (κ3) is 4.60. The molecular formula is C21H23FN2O4. The van der Waals surface area contributed by atoms with Crippen LogP contribution in [0.2, 0.25) is 0 Å². The first kappa shape index (κ1) is 19.7. The van der Waals surface area contributed by atoms with Gasteiger partial charge in [0.05, 0.1) is 20.3 Å². The molecular weight excluding hydrogens is 363 g/mol.